The number of aromatic carboxylic acids is 1. The summed E-state index contributed by atoms with van der Waals surface area (Å²) < 4.78 is 0. The fraction of sp³-hybridized carbons (Fsp3) is 0.417. The van der Waals surface area contributed by atoms with Gasteiger partial charge in [-0.3, -0.25) is 0 Å². The lowest BCUT2D eigenvalue weighted by molar-refractivity contribution is 0.0697. The minimum Gasteiger partial charge on any atom is -0.478 e. The Morgan fingerprint density at radius 3 is 2.62 bits per heavy atom. The van der Waals surface area contributed by atoms with Gasteiger partial charge in [-0.15, -0.1) is 0 Å². The summed E-state index contributed by atoms with van der Waals surface area (Å²) in [5, 5.41) is 21.3. The number of hydrogen-bond acceptors (Lipinski definition) is 3. The smallest absolute Gasteiger partial charge is 0.335 e. The monoisotopic (exact) mass is 221 g/mol. The molecule has 0 amide bonds. The Labute approximate surface area is 93.9 Å². The van der Waals surface area contributed by atoms with Crippen molar-refractivity contribution in [1.82, 2.24) is 0 Å². The zero-order valence-corrected chi connectivity index (χ0v) is 9.16. The third kappa shape index (κ3) is 2.02. The third-order valence-corrected chi connectivity index (χ3v) is 3.03. The predicted molar refractivity (Wildman–Crippen MR) is 60.8 cm³/mol. The van der Waals surface area contributed by atoms with E-state index in [1.807, 2.05) is 6.92 Å². The van der Waals surface area contributed by atoms with Crippen molar-refractivity contribution in [2.75, 3.05) is 11.9 Å². The molecule has 1 fully saturated rings. The molecule has 0 unspecified atom stereocenters. The van der Waals surface area contributed by atoms with Crippen LogP contribution in [0.1, 0.15) is 28.8 Å². The summed E-state index contributed by atoms with van der Waals surface area (Å²) in [7, 11) is 0. The minimum absolute atomic E-state index is 0.118. The maximum Gasteiger partial charge on any atom is 0.335 e. The van der Waals surface area contributed by atoms with Crippen molar-refractivity contribution >= 4 is 11.7 Å². The lowest BCUT2D eigenvalue weighted by atomic mass is 10.1. The normalized spacial score (nSPS) is 16.9. The molecule has 1 saturated carbocycles. The third-order valence-electron chi connectivity index (χ3n) is 3.03. The predicted octanol–water partition coefficient (Wildman–Crippen LogP) is 1.63. The fourth-order valence-electron chi connectivity index (χ4n) is 1.70. The maximum absolute atomic E-state index is 10.8. The van der Waals surface area contributed by atoms with Crippen LogP contribution in [0.2, 0.25) is 0 Å². The van der Waals surface area contributed by atoms with E-state index in [9.17, 15) is 9.90 Å². The van der Waals surface area contributed by atoms with Crippen molar-refractivity contribution in [3.63, 3.8) is 0 Å². The number of nitrogens with one attached hydrogen (secondary N) is 1. The molecular weight excluding hydrogens is 206 g/mol. The summed E-state index contributed by atoms with van der Waals surface area (Å²) in [5.74, 6) is -0.919. The van der Waals surface area contributed by atoms with Crippen molar-refractivity contribution < 1.29 is 15.0 Å². The fourth-order valence-corrected chi connectivity index (χ4v) is 1.70. The number of anilines is 1. The number of carboxylic acid groups (broad SMARTS) is 1. The van der Waals surface area contributed by atoms with Crippen LogP contribution in [0.3, 0.4) is 0 Å². The van der Waals surface area contributed by atoms with Gasteiger partial charge >= 0.3 is 5.97 Å². The first-order valence-corrected chi connectivity index (χ1v) is 5.29. The van der Waals surface area contributed by atoms with Gasteiger partial charge in [0.2, 0.25) is 0 Å². The Bertz CT molecular complexity index is 424. The van der Waals surface area contributed by atoms with Crippen LogP contribution in [0, 0.1) is 6.92 Å². The molecule has 0 aromatic heterocycles. The van der Waals surface area contributed by atoms with Crippen LogP contribution < -0.4 is 5.32 Å². The number of aliphatic hydroxyl groups is 1. The van der Waals surface area contributed by atoms with E-state index < -0.39 is 5.97 Å². The van der Waals surface area contributed by atoms with Crippen LogP contribution in [0.25, 0.3) is 0 Å². The summed E-state index contributed by atoms with van der Waals surface area (Å²) in [5.41, 5.74) is 1.91. The first-order chi connectivity index (χ1) is 7.56. The van der Waals surface area contributed by atoms with E-state index in [4.69, 9.17) is 5.11 Å². The van der Waals surface area contributed by atoms with Crippen LogP contribution in [0.5, 0.6) is 0 Å². The zero-order valence-electron chi connectivity index (χ0n) is 9.16. The Morgan fingerprint density at radius 2 is 2.19 bits per heavy atom. The topological polar surface area (TPSA) is 69.6 Å². The van der Waals surface area contributed by atoms with E-state index in [0.29, 0.717) is 0 Å². The van der Waals surface area contributed by atoms with Gasteiger partial charge in [-0.2, -0.15) is 0 Å². The molecule has 0 saturated heterocycles. The van der Waals surface area contributed by atoms with Gasteiger partial charge in [0.05, 0.1) is 17.7 Å². The lowest BCUT2D eigenvalue weighted by Crippen LogP contribution is -2.26. The molecule has 16 heavy (non-hydrogen) atoms. The van der Waals surface area contributed by atoms with E-state index in [0.717, 1.165) is 24.1 Å². The van der Waals surface area contributed by atoms with Crippen molar-refractivity contribution in [1.29, 1.82) is 0 Å². The Hall–Kier alpha value is -1.55. The molecule has 0 spiro atoms. The number of aryl methyl sites for hydroxylation is 1. The summed E-state index contributed by atoms with van der Waals surface area (Å²) in [6.07, 6.45) is 1.92. The summed E-state index contributed by atoms with van der Waals surface area (Å²) in [6, 6.07) is 4.97. The van der Waals surface area contributed by atoms with Gasteiger partial charge in [-0.05, 0) is 43.5 Å². The molecule has 3 N–H and O–H groups in total. The van der Waals surface area contributed by atoms with Crippen LogP contribution in [-0.4, -0.2) is 28.3 Å². The average Bonchev–Trinajstić information content (AvgIpc) is 3.01. The number of rotatable bonds is 4. The highest BCUT2D eigenvalue weighted by molar-refractivity contribution is 5.88. The number of benzene rings is 1. The van der Waals surface area contributed by atoms with Gasteiger partial charge in [-0.1, -0.05) is 0 Å². The van der Waals surface area contributed by atoms with E-state index in [-0.39, 0.29) is 17.7 Å². The van der Waals surface area contributed by atoms with Crippen molar-refractivity contribution in [2.24, 2.45) is 0 Å². The largest absolute Gasteiger partial charge is 0.478 e. The number of carbonyl (C=O) groups is 1. The second-order valence-electron chi connectivity index (χ2n) is 4.40. The molecule has 0 bridgehead atoms. The molecule has 1 aromatic carbocycles. The minimum atomic E-state index is -0.919. The molecular formula is C12H15NO3. The molecule has 0 radical (unpaired) electrons. The molecule has 1 aromatic rings. The highest BCUT2D eigenvalue weighted by Gasteiger charge is 2.42. The molecule has 4 heteroatoms. The van der Waals surface area contributed by atoms with Crippen LogP contribution in [-0.2, 0) is 0 Å². The summed E-state index contributed by atoms with van der Waals surface area (Å²) in [4.78, 5) is 10.8. The first kappa shape index (κ1) is 11.0. The highest BCUT2D eigenvalue weighted by atomic mass is 16.4. The van der Waals surface area contributed by atoms with Crippen LogP contribution in [0.15, 0.2) is 18.2 Å². The van der Waals surface area contributed by atoms with E-state index >= 15 is 0 Å². The van der Waals surface area contributed by atoms with Gasteiger partial charge in [0.1, 0.15) is 0 Å². The Kier molecular flexibility index (Phi) is 2.59. The standard InChI is InChI=1S/C12H15NO3/c1-8-6-9(11(15)16)2-3-10(8)13-12(7-14)4-5-12/h2-3,6,13-14H,4-5,7H2,1H3,(H,15,16). The number of hydrogen-bond donors (Lipinski definition) is 3. The van der Waals surface area contributed by atoms with Crippen molar-refractivity contribution in [3.05, 3.63) is 29.3 Å². The second kappa shape index (κ2) is 3.79. The average molecular weight is 221 g/mol. The SMILES string of the molecule is Cc1cc(C(=O)O)ccc1NC1(CO)CC1. The number of carboxylic acids is 1. The zero-order chi connectivity index (χ0) is 11.8. The van der Waals surface area contributed by atoms with Gasteiger partial charge < -0.3 is 15.5 Å². The van der Waals surface area contributed by atoms with Crippen molar-refractivity contribution in [2.45, 2.75) is 25.3 Å². The summed E-state index contributed by atoms with van der Waals surface area (Å²) in [6.45, 7) is 1.98. The highest BCUT2D eigenvalue weighted by Crippen LogP contribution is 2.39. The van der Waals surface area contributed by atoms with Gasteiger partial charge in [-0.25, -0.2) is 4.79 Å². The van der Waals surface area contributed by atoms with Gasteiger partial charge in [0.15, 0.2) is 0 Å². The lowest BCUT2D eigenvalue weighted by Gasteiger charge is -2.17. The molecule has 0 heterocycles. The molecule has 2 rings (SSSR count). The first-order valence-electron chi connectivity index (χ1n) is 5.29. The Balaban J connectivity index is 2.20. The molecule has 0 aliphatic heterocycles. The van der Waals surface area contributed by atoms with Crippen LogP contribution in [0.4, 0.5) is 5.69 Å². The van der Waals surface area contributed by atoms with E-state index in [1.54, 1.807) is 18.2 Å². The Morgan fingerprint density at radius 1 is 1.50 bits per heavy atom. The van der Waals surface area contributed by atoms with Crippen LogP contribution >= 0.6 is 0 Å². The van der Waals surface area contributed by atoms with Crippen molar-refractivity contribution in [3.8, 4) is 0 Å². The maximum atomic E-state index is 10.8. The van der Waals surface area contributed by atoms with Gasteiger partial charge in [0.25, 0.3) is 0 Å². The molecule has 1 aliphatic rings. The molecule has 0 atom stereocenters. The molecule has 4 nitrogen and oxygen atoms in total. The molecule has 86 valence electrons. The summed E-state index contributed by atoms with van der Waals surface area (Å²) >= 11 is 0. The second-order valence-corrected chi connectivity index (χ2v) is 4.40. The number of aliphatic hydroxyl groups excluding tert-OH is 1. The van der Waals surface area contributed by atoms with Gasteiger partial charge in [0, 0.05) is 5.69 Å². The molecule has 1 aliphatic carbocycles. The van der Waals surface area contributed by atoms with E-state index in [2.05, 4.69) is 5.32 Å². The van der Waals surface area contributed by atoms with E-state index in [1.165, 1.54) is 0 Å². The quantitative estimate of drug-likeness (QED) is 0.722.